The van der Waals surface area contributed by atoms with E-state index in [0.29, 0.717) is 6.54 Å². The van der Waals surface area contributed by atoms with E-state index in [4.69, 9.17) is 4.42 Å². The highest BCUT2D eigenvalue weighted by Crippen LogP contribution is 2.13. The zero-order chi connectivity index (χ0) is 16.9. The molecule has 1 unspecified atom stereocenters. The van der Waals surface area contributed by atoms with Gasteiger partial charge in [0.1, 0.15) is 5.76 Å². The van der Waals surface area contributed by atoms with E-state index in [2.05, 4.69) is 10.4 Å². The van der Waals surface area contributed by atoms with Gasteiger partial charge in [-0.25, -0.2) is 9.48 Å². The number of furan rings is 1. The molecule has 2 amide bonds. The summed E-state index contributed by atoms with van der Waals surface area (Å²) in [6, 6.07) is 13.2. The Bertz CT molecular complexity index is 780. The lowest BCUT2D eigenvalue weighted by Gasteiger charge is -2.19. The molecule has 0 bridgehead atoms. The van der Waals surface area contributed by atoms with Crippen molar-refractivity contribution in [1.29, 1.82) is 0 Å². The second-order valence-electron chi connectivity index (χ2n) is 5.67. The minimum atomic E-state index is -0.179. The Labute approximate surface area is 140 Å². The molecule has 24 heavy (non-hydrogen) atoms. The van der Waals surface area contributed by atoms with Crippen molar-refractivity contribution in [2.75, 3.05) is 7.05 Å². The number of hydrogen-bond donors (Lipinski definition) is 1. The number of para-hydroxylation sites is 1. The minimum absolute atomic E-state index is 0.161. The summed E-state index contributed by atoms with van der Waals surface area (Å²) in [5, 5.41) is 7.25. The number of rotatable bonds is 5. The van der Waals surface area contributed by atoms with Crippen LogP contribution in [0.4, 0.5) is 4.79 Å². The zero-order valence-corrected chi connectivity index (χ0v) is 13.7. The molecule has 1 aromatic carbocycles. The Morgan fingerprint density at radius 1 is 1.29 bits per heavy atom. The number of nitrogens with zero attached hydrogens (tertiary/aromatic N) is 3. The lowest BCUT2D eigenvalue weighted by Crippen LogP contribution is -2.38. The SMILES string of the molecule is CC(NC(=O)N(C)Cc1cnn(-c2ccccc2)c1)c1ccco1. The first-order valence-electron chi connectivity index (χ1n) is 7.77. The number of urea groups is 1. The Balaban J connectivity index is 1.59. The maximum atomic E-state index is 12.3. The molecule has 0 spiro atoms. The van der Waals surface area contributed by atoms with Crippen LogP contribution in [0.2, 0.25) is 0 Å². The first kappa shape index (κ1) is 15.9. The molecule has 3 aromatic rings. The number of benzene rings is 1. The van der Waals surface area contributed by atoms with Gasteiger partial charge in [-0.2, -0.15) is 5.10 Å². The average Bonchev–Trinajstić information content (AvgIpc) is 3.27. The first-order valence-corrected chi connectivity index (χ1v) is 7.77. The number of carbonyl (C=O) groups is 1. The Morgan fingerprint density at radius 2 is 2.08 bits per heavy atom. The molecular weight excluding hydrogens is 304 g/mol. The van der Waals surface area contributed by atoms with Crippen molar-refractivity contribution < 1.29 is 9.21 Å². The molecule has 1 atom stereocenters. The molecular formula is C18H20N4O2. The van der Waals surface area contributed by atoms with Crippen molar-refractivity contribution in [3.8, 4) is 5.69 Å². The van der Waals surface area contributed by atoms with Gasteiger partial charge in [0.15, 0.2) is 0 Å². The third-order valence-corrected chi connectivity index (χ3v) is 3.73. The van der Waals surface area contributed by atoms with Gasteiger partial charge in [0.25, 0.3) is 0 Å². The average molecular weight is 324 g/mol. The van der Waals surface area contributed by atoms with E-state index in [1.54, 1.807) is 35.2 Å². The van der Waals surface area contributed by atoms with Crippen LogP contribution < -0.4 is 5.32 Å². The molecule has 6 nitrogen and oxygen atoms in total. The highest BCUT2D eigenvalue weighted by atomic mass is 16.3. The monoisotopic (exact) mass is 324 g/mol. The van der Waals surface area contributed by atoms with Crippen molar-refractivity contribution in [2.24, 2.45) is 0 Å². The molecule has 0 fully saturated rings. The quantitative estimate of drug-likeness (QED) is 0.782. The van der Waals surface area contributed by atoms with E-state index in [1.807, 2.05) is 49.5 Å². The summed E-state index contributed by atoms with van der Waals surface area (Å²) in [6.45, 7) is 2.36. The van der Waals surface area contributed by atoms with Gasteiger partial charge in [0.2, 0.25) is 0 Å². The molecule has 0 saturated heterocycles. The van der Waals surface area contributed by atoms with Crippen molar-refractivity contribution in [2.45, 2.75) is 19.5 Å². The van der Waals surface area contributed by atoms with Crippen LogP contribution >= 0.6 is 0 Å². The van der Waals surface area contributed by atoms with Crippen LogP contribution in [-0.2, 0) is 6.54 Å². The minimum Gasteiger partial charge on any atom is -0.467 e. The zero-order valence-electron chi connectivity index (χ0n) is 13.7. The Hall–Kier alpha value is -3.02. The third-order valence-electron chi connectivity index (χ3n) is 3.73. The summed E-state index contributed by atoms with van der Waals surface area (Å²) in [4.78, 5) is 13.9. The topological polar surface area (TPSA) is 63.3 Å². The van der Waals surface area contributed by atoms with Crippen LogP contribution in [-0.4, -0.2) is 27.8 Å². The van der Waals surface area contributed by atoms with Gasteiger partial charge in [-0.05, 0) is 31.2 Å². The van der Waals surface area contributed by atoms with Gasteiger partial charge >= 0.3 is 6.03 Å². The number of aromatic nitrogens is 2. The fraction of sp³-hybridized carbons (Fsp3) is 0.222. The Morgan fingerprint density at radius 3 is 2.79 bits per heavy atom. The van der Waals surface area contributed by atoms with Crippen molar-refractivity contribution in [3.63, 3.8) is 0 Å². The first-order chi connectivity index (χ1) is 11.6. The third kappa shape index (κ3) is 3.65. The van der Waals surface area contributed by atoms with E-state index >= 15 is 0 Å². The molecule has 0 aliphatic carbocycles. The van der Waals surface area contributed by atoms with E-state index in [-0.39, 0.29) is 12.1 Å². The summed E-state index contributed by atoms with van der Waals surface area (Å²) in [5.74, 6) is 0.730. The van der Waals surface area contributed by atoms with Gasteiger partial charge in [0, 0.05) is 18.8 Å². The highest BCUT2D eigenvalue weighted by Gasteiger charge is 2.15. The molecule has 1 N–H and O–H groups in total. The molecule has 0 radical (unpaired) electrons. The van der Waals surface area contributed by atoms with E-state index in [0.717, 1.165) is 17.0 Å². The van der Waals surface area contributed by atoms with E-state index in [1.165, 1.54) is 0 Å². The lowest BCUT2D eigenvalue weighted by molar-refractivity contribution is 0.202. The van der Waals surface area contributed by atoms with Gasteiger partial charge < -0.3 is 14.6 Å². The van der Waals surface area contributed by atoms with Crippen LogP contribution in [0.5, 0.6) is 0 Å². The van der Waals surface area contributed by atoms with Crippen LogP contribution in [0.1, 0.15) is 24.3 Å². The summed E-state index contributed by atoms with van der Waals surface area (Å²) < 4.78 is 7.10. The molecule has 2 aromatic heterocycles. The predicted octanol–water partition coefficient (Wildman–Crippen LogP) is 3.37. The molecule has 6 heteroatoms. The molecule has 124 valence electrons. The lowest BCUT2D eigenvalue weighted by atomic mass is 10.2. The van der Waals surface area contributed by atoms with Crippen molar-refractivity contribution >= 4 is 6.03 Å². The maximum Gasteiger partial charge on any atom is 0.318 e. The summed E-state index contributed by atoms with van der Waals surface area (Å²) in [5.41, 5.74) is 1.95. The smallest absolute Gasteiger partial charge is 0.318 e. The highest BCUT2D eigenvalue weighted by molar-refractivity contribution is 5.74. The fourth-order valence-corrected chi connectivity index (χ4v) is 2.41. The molecule has 0 aliphatic heterocycles. The van der Waals surface area contributed by atoms with Gasteiger partial charge in [-0.3, -0.25) is 0 Å². The summed E-state index contributed by atoms with van der Waals surface area (Å²) in [6.07, 6.45) is 5.29. The number of carbonyl (C=O) groups excluding carboxylic acids is 1. The maximum absolute atomic E-state index is 12.3. The summed E-state index contributed by atoms with van der Waals surface area (Å²) >= 11 is 0. The second-order valence-corrected chi connectivity index (χ2v) is 5.67. The van der Waals surface area contributed by atoms with Gasteiger partial charge in [-0.1, -0.05) is 18.2 Å². The summed E-state index contributed by atoms with van der Waals surface area (Å²) in [7, 11) is 1.75. The standard InChI is InChI=1S/C18H20N4O2/c1-14(17-9-6-10-24-17)20-18(23)21(2)12-15-11-19-22(13-15)16-7-4-3-5-8-16/h3-11,13-14H,12H2,1-2H3,(H,20,23). The Kier molecular flexibility index (Phi) is 4.65. The fourth-order valence-electron chi connectivity index (χ4n) is 2.41. The number of amides is 2. The van der Waals surface area contributed by atoms with Gasteiger partial charge in [0.05, 0.1) is 30.7 Å². The molecule has 0 aliphatic rings. The van der Waals surface area contributed by atoms with Crippen LogP contribution in [0.15, 0.2) is 65.5 Å². The number of hydrogen-bond acceptors (Lipinski definition) is 3. The second kappa shape index (κ2) is 7.04. The largest absolute Gasteiger partial charge is 0.467 e. The molecule has 2 heterocycles. The van der Waals surface area contributed by atoms with Crippen molar-refractivity contribution in [3.05, 3.63) is 72.4 Å². The number of nitrogens with one attached hydrogen (secondary N) is 1. The van der Waals surface area contributed by atoms with Crippen LogP contribution in [0.25, 0.3) is 5.69 Å². The predicted molar refractivity (Wildman–Crippen MR) is 90.7 cm³/mol. The van der Waals surface area contributed by atoms with Crippen molar-refractivity contribution in [1.82, 2.24) is 20.0 Å². The van der Waals surface area contributed by atoms with E-state index < -0.39 is 0 Å². The van der Waals surface area contributed by atoms with Crippen LogP contribution in [0, 0.1) is 0 Å². The van der Waals surface area contributed by atoms with Crippen LogP contribution in [0.3, 0.4) is 0 Å². The molecule has 3 rings (SSSR count). The normalized spacial score (nSPS) is 11.9. The van der Waals surface area contributed by atoms with Gasteiger partial charge in [-0.15, -0.1) is 0 Å². The molecule has 0 saturated carbocycles. The van der Waals surface area contributed by atoms with E-state index in [9.17, 15) is 4.79 Å².